The van der Waals surface area contributed by atoms with Crippen molar-refractivity contribution < 1.29 is 13.9 Å². The molecule has 0 bridgehead atoms. The first kappa shape index (κ1) is 21.7. The molecular weight excluding hydrogens is 401 g/mol. The van der Waals surface area contributed by atoms with Crippen molar-refractivity contribution in [3.8, 4) is 0 Å². The lowest BCUT2D eigenvalue weighted by Crippen LogP contribution is -2.44. The van der Waals surface area contributed by atoms with E-state index in [-0.39, 0.29) is 10.9 Å². The maximum Gasteiger partial charge on any atom is 0.256 e. The molecule has 1 aromatic heterocycles. The maximum atomic E-state index is 14.9. The molecule has 8 nitrogen and oxygen atoms in total. The number of halogens is 1. The van der Waals surface area contributed by atoms with Crippen molar-refractivity contribution in [3.63, 3.8) is 0 Å². The Hall–Kier alpha value is -2.49. The van der Waals surface area contributed by atoms with E-state index in [0.29, 0.717) is 57.1 Å². The third-order valence-electron chi connectivity index (χ3n) is 6.01. The largest absolute Gasteiger partial charge is 0.379 e. The number of rotatable bonds is 6. The first-order chi connectivity index (χ1) is 15.1. The van der Waals surface area contributed by atoms with E-state index in [1.54, 1.807) is 12.3 Å². The number of aromatic nitrogens is 1. The average molecular weight is 432 g/mol. The van der Waals surface area contributed by atoms with Gasteiger partial charge in [0.1, 0.15) is 11.4 Å². The Morgan fingerprint density at radius 1 is 1.19 bits per heavy atom. The molecule has 0 unspecified atom stereocenters. The Kier molecular flexibility index (Phi) is 6.84. The van der Waals surface area contributed by atoms with Crippen LogP contribution in [-0.4, -0.2) is 80.9 Å². The van der Waals surface area contributed by atoms with Crippen molar-refractivity contribution in [2.75, 3.05) is 70.5 Å². The lowest BCUT2D eigenvalue weighted by Gasteiger charge is -2.30. The predicted octanol–water partition coefficient (Wildman–Crippen LogP) is 0.632. The van der Waals surface area contributed by atoms with E-state index in [4.69, 9.17) is 4.74 Å². The number of nitrogens with zero attached hydrogens (tertiary/aromatic N) is 3. The van der Waals surface area contributed by atoms with Crippen molar-refractivity contribution in [3.05, 3.63) is 39.9 Å². The summed E-state index contributed by atoms with van der Waals surface area (Å²) in [6, 6.07) is 3.02. The van der Waals surface area contributed by atoms with Crippen molar-refractivity contribution in [2.45, 2.75) is 13.5 Å². The number of carbonyl (C=O) groups excluding carboxylic acids is 1. The number of hydrogen-bond donors (Lipinski definition) is 2. The summed E-state index contributed by atoms with van der Waals surface area (Å²) in [5.74, 6) is -0.854. The van der Waals surface area contributed by atoms with E-state index < -0.39 is 17.2 Å². The second-order valence-electron chi connectivity index (χ2n) is 7.93. The van der Waals surface area contributed by atoms with Crippen LogP contribution in [0.25, 0.3) is 10.9 Å². The summed E-state index contributed by atoms with van der Waals surface area (Å²) in [7, 11) is 0. The molecule has 0 saturated carbocycles. The van der Waals surface area contributed by atoms with Crippen molar-refractivity contribution >= 4 is 22.5 Å². The zero-order valence-corrected chi connectivity index (χ0v) is 18.0. The quantitative estimate of drug-likeness (QED) is 0.699. The van der Waals surface area contributed by atoms with Gasteiger partial charge in [-0.1, -0.05) is 0 Å². The number of fused-ring (bicyclic) bond motifs is 1. The third kappa shape index (κ3) is 4.73. The van der Waals surface area contributed by atoms with Crippen LogP contribution in [0.5, 0.6) is 0 Å². The van der Waals surface area contributed by atoms with Gasteiger partial charge in [-0.05, 0) is 19.1 Å². The molecule has 4 rings (SSSR count). The SMILES string of the molecule is CCn1cc(C(=O)NCCN2CCOCC2)c(=O)c2cc(F)c(N3CCNCC3)cc21. The summed E-state index contributed by atoms with van der Waals surface area (Å²) in [6.45, 7) is 9.73. The van der Waals surface area contributed by atoms with Gasteiger partial charge in [0.15, 0.2) is 0 Å². The fourth-order valence-electron chi connectivity index (χ4n) is 4.22. The molecule has 0 radical (unpaired) electrons. The van der Waals surface area contributed by atoms with Crippen LogP contribution in [0.2, 0.25) is 0 Å². The zero-order valence-electron chi connectivity index (χ0n) is 18.0. The summed E-state index contributed by atoms with van der Waals surface area (Å²) in [5, 5.41) is 6.33. The molecule has 2 aliphatic rings. The normalized spacial score (nSPS) is 17.8. The van der Waals surface area contributed by atoms with E-state index in [1.807, 2.05) is 16.4 Å². The van der Waals surface area contributed by atoms with E-state index in [2.05, 4.69) is 15.5 Å². The molecule has 2 aliphatic heterocycles. The van der Waals surface area contributed by atoms with E-state index >= 15 is 0 Å². The van der Waals surface area contributed by atoms with Gasteiger partial charge < -0.3 is 24.8 Å². The van der Waals surface area contributed by atoms with Crippen LogP contribution in [0.4, 0.5) is 10.1 Å². The first-order valence-corrected chi connectivity index (χ1v) is 11.0. The number of nitrogens with one attached hydrogen (secondary N) is 2. The monoisotopic (exact) mass is 431 g/mol. The summed E-state index contributed by atoms with van der Waals surface area (Å²) in [4.78, 5) is 30.0. The smallest absolute Gasteiger partial charge is 0.256 e. The Morgan fingerprint density at radius 3 is 2.65 bits per heavy atom. The van der Waals surface area contributed by atoms with Crippen molar-refractivity contribution in [1.29, 1.82) is 0 Å². The molecule has 2 aromatic rings. The number of carbonyl (C=O) groups is 1. The van der Waals surface area contributed by atoms with E-state index in [1.165, 1.54) is 6.07 Å². The van der Waals surface area contributed by atoms with Gasteiger partial charge >= 0.3 is 0 Å². The molecule has 3 heterocycles. The highest BCUT2D eigenvalue weighted by atomic mass is 19.1. The molecular formula is C22H30FN5O3. The number of amides is 1. The molecule has 1 aromatic carbocycles. The number of morpholine rings is 1. The van der Waals surface area contributed by atoms with Gasteiger partial charge in [-0.3, -0.25) is 14.5 Å². The Bertz CT molecular complexity index is 997. The second kappa shape index (κ2) is 9.76. The molecule has 0 atom stereocenters. The summed E-state index contributed by atoms with van der Waals surface area (Å²) < 4.78 is 22.1. The zero-order chi connectivity index (χ0) is 21.8. The fourth-order valence-corrected chi connectivity index (χ4v) is 4.22. The topological polar surface area (TPSA) is 78.8 Å². The van der Waals surface area contributed by atoms with Crippen LogP contribution in [0.15, 0.2) is 23.1 Å². The van der Waals surface area contributed by atoms with Crippen molar-refractivity contribution in [2.24, 2.45) is 0 Å². The highest BCUT2D eigenvalue weighted by Gasteiger charge is 2.20. The average Bonchev–Trinajstić information content (AvgIpc) is 2.80. The number of piperazine rings is 1. The molecule has 31 heavy (non-hydrogen) atoms. The molecule has 9 heteroatoms. The number of pyridine rings is 1. The van der Waals surface area contributed by atoms with Gasteiger partial charge in [0, 0.05) is 70.5 Å². The molecule has 1 amide bonds. The van der Waals surface area contributed by atoms with Gasteiger partial charge in [-0.25, -0.2) is 4.39 Å². The summed E-state index contributed by atoms with van der Waals surface area (Å²) in [5.41, 5.74) is 0.755. The number of anilines is 1. The lowest BCUT2D eigenvalue weighted by atomic mass is 10.1. The Labute approximate surface area is 180 Å². The van der Waals surface area contributed by atoms with Crippen LogP contribution >= 0.6 is 0 Å². The summed E-state index contributed by atoms with van der Waals surface area (Å²) in [6.07, 6.45) is 1.59. The van der Waals surface area contributed by atoms with Crippen LogP contribution in [0.3, 0.4) is 0 Å². The maximum absolute atomic E-state index is 14.9. The number of hydrogen-bond acceptors (Lipinski definition) is 6. The number of aryl methyl sites for hydroxylation is 1. The first-order valence-electron chi connectivity index (χ1n) is 11.0. The van der Waals surface area contributed by atoms with E-state index in [0.717, 1.165) is 26.2 Å². The van der Waals surface area contributed by atoms with E-state index in [9.17, 15) is 14.0 Å². The minimum absolute atomic E-state index is 0.0469. The van der Waals surface area contributed by atoms with Crippen LogP contribution in [0.1, 0.15) is 17.3 Å². The minimum atomic E-state index is -0.436. The molecule has 0 aliphatic carbocycles. The van der Waals surface area contributed by atoms with Gasteiger partial charge in [-0.2, -0.15) is 0 Å². The molecule has 168 valence electrons. The van der Waals surface area contributed by atoms with Crippen LogP contribution in [0, 0.1) is 5.82 Å². The Balaban J connectivity index is 1.58. The van der Waals surface area contributed by atoms with Gasteiger partial charge in [-0.15, -0.1) is 0 Å². The molecule has 2 saturated heterocycles. The Morgan fingerprint density at radius 2 is 1.94 bits per heavy atom. The van der Waals surface area contributed by atoms with Gasteiger partial charge in [0.05, 0.1) is 24.4 Å². The lowest BCUT2D eigenvalue weighted by molar-refractivity contribution is 0.0383. The predicted molar refractivity (Wildman–Crippen MR) is 119 cm³/mol. The molecule has 2 fully saturated rings. The highest BCUT2D eigenvalue weighted by molar-refractivity contribution is 5.97. The van der Waals surface area contributed by atoms with Crippen molar-refractivity contribution in [1.82, 2.24) is 20.1 Å². The standard InChI is InChI=1S/C22H30FN5O3/c1-2-27-15-17(22(30)25-5-6-26-9-11-31-12-10-26)21(29)16-13-18(23)20(14-19(16)27)28-7-3-24-4-8-28/h13-15,24H,2-12H2,1H3,(H,25,30). The number of benzene rings is 1. The number of ether oxygens (including phenoxy) is 1. The van der Waals surface area contributed by atoms with Crippen LogP contribution < -0.4 is 21.0 Å². The van der Waals surface area contributed by atoms with Gasteiger partial charge in [0.25, 0.3) is 5.91 Å². The van der Waals surface area contributed by atoms with Crippen LogP contribution in [-0.2, 0) is 11.3 Å². The third-order valence-corrected chi connectivity index (χ3v) is 6.01. The van der Waals surface area contributed by atoms with Gasteiger partial charge in [0.2, 0.25) is 5.43 Å². The fraction of sp³-hybridized carbons (Fsp3) is 0.545. The highest BCUT2D eigenvalue weighted by Crippen LogP contribution is 2.25. The molecule has 0 spiro atoms. The second-order valence-corrected chi connectivity index (χ2v) is 7.93. The molecule has 2 N–H and O–H groups in total. The summed E-state index contributed by atoms with van der Waals surface area (Å²) >= 11 is 0. The minimum Gasteiger partial charge on any atom is -0.379 e.